The zero-order chi connectivity index (χ0) is 34.2. The number of rotatable bonds is 27. The average molecular weight is 660 g/mol. The van der Waals surface area contributed by atoms with Crippen LogP contribution >= 0.6 is 0 Å². The molecule has 9 unspecified atom stereocenters. The standard InChI is InChI=1S/C35H65NO10/c1-3-5-7-9-11-12-13-14-15-17-19-21-23-28(39)34(44)36-26(30(40)27(38)22-20-18-16-10-8-6-4-2)25-45-35-33(43)32(42)31(41)29(24-37)46-35/h10,14-16,26-33,35,37-43H,3-9,11-13,17-25H2,1-2H3,(H,36,44)/b15-14-,16-10+. The molecule has 1 aliphatic rings. The van der Waals surface area contributed by atoms with Crippen LogP contribution in [0.25, 0.3) is 0 Å². The summed E-state index contributed by atoms with van der Waals surface area (Å²) in [6, 6.07) is -1.19. The Balaban J connectivity index is 2.64. The van der Waals surface area contributed by atoms with Gasteiger partial charge < -0.3 is 50.5 Å². The number of ether oxygens (including phenoxy) is 2. The van der Waals surface area contributed by atoms with Crippen molar-refractivity contribution in [1.29, 1.82) is 0 Å². The van der Waals surface area contributed by atoms with Crippen molar-refractivity contribution in [2.45, 2.75) is 178 Å². The first-order chi connectivity index (χ1) is 22.2. The number of carbonyl (C=O) groups is 1. The Hall–Kier alpha value is -1.41. The van der Waals surface area contributed by atoms with Crippen LogP contribution < -0.4 is 5.32 Å². The summed E-state index contributed by atoms with van der Waals surface area (Å²) in [7, 11) is 0. The van der Waals surface area contributed by atoms with E-state index in [0.29, 0.717) is 12.8 Å². The molecule has 8 N–H and O–H groups in total. The van der Waals surface area contributed by atoms with Crippen LogP contribution in [-0.2, 0) is 14.3 Å². The molecule has 11 nitrogen and oxygen atoms in total. The normalized spacial score (nSPS) is 24.8. The van der Waals surface area contributed by atoms with Crippen LogP contribution in [0.2, 0.25) is 0 Å². The van der Waals surface area contributed by atoms with E-state index in [0.717, 1.165) is 44.9 Å². The van der Waals surface area contributed by atoms with Crippen LogP contribution in [0.3, 0.4) is 0 Å². The summed E-state index contributed by atoms with van der Waals surface area (Å²) in [6.07, 6.45) is 12.8. The van der Waals surface area contributed by atoms with Crippen LogP contribution in [0.1, 0.15) is 123 Å². The van der Waals surface area contributed by atoms with Gasteiger partial charge in [-0.15, -0.1) is 0 Å². The summed E-state index contributed by atoms with van der Waals surface area (Å²) >= 11 is 0. The zero-order valence-electron chi connectivity index (χ0n) is 28.3. The first kappa shape index (κ1) is 42.6. The Morgan fingerprint density at radius 2 is 1.30 bits per heavy atom. The van der Waals surface area contributed by atoms with Crippen molar-refractivity contribution in [2.24, 2.45) is 0 Å². The molecular formula is C35H65NO10. The van der Waals surface area contributed by atoms with Crippen LogP contribution in [0, 0.1) is 0 Å². The minimum atomic E-state index is -1.67. The van der Waals surface area contributed by atoms with Gasteiger partial charge in [0.2, 0.25) is 5.91 Å². The predicted molar refractivity (Wildman–Crippen MR) is 178 cm³/mol. The predicted octanol–water partition coefficient (Wildman–Crippen LogP) is 3.15. The summed E-state index contributed by atoms with van der Waals surface area (Å²) in [6.45, 7) is 3.25. The summed E-state index contributed by atoms with van der Waals surface area (Å²) < 4.78 is 10.9. The van der Waals surface area contributed by atoms with Gasteiger partial charge in [-0.2, -0.15) is 0 Å². The zero-order valence-corrected chi connectivity index (χ0v) is 28.3. The van der Waals surface area contributed by atoms with Gasteiger partial charge in [-0.3, -0.25) is 4.79 Å². The second kappa shape index (κ2) is 26.5. The van der Waals surface area contributed by atoms with E-state index < -0.39 is 74.2 Å². The van der Waals surface area contributed by atoms with Gasteiger partial charge in [-0.1, -0.05) is 89.5 Å². The maximum absolute atomic E-state index is 12.9. The van der Waals surface area contributed by atoms with Gasteiger partial charge in [0.05, 0.1) is 25.4 Å². The fraction of sp³-hybridized carbons (Fsp3) is 0.857. The van der Waals surface area contributed by atoms with Crippen molar-refractivity contribution in [3.05, 3.63) is 24.3 Å². The van der Waals surface area contributed by atoms with Gasteiger partial charge >= 0.3 is 0 Å². The molecule has 0 spiro atoms. The lowest BCUT2D eigenvalue weighted by Crippen LogP contribution is -2.60. The first-order valence-corrected chi connectivity index (χ1v) is 17.7. The summed E-state index contributed by atoms with van der Waals surface area (Å²) in [5.74, 6) is -0.730. The van der Waals surface area contributed by atoms with Crippen molar-refractivity contribution in [1.82, 2.24) is 5.32 Å². The molecule has 11 heteroatoms. The number of unbranched alkanes of at least 4 members (excludes halogenated alkanes) is 11. The second-order valence-electron chi connectivity index (χ2n) is 12.6. The molecule has 0 saturated carbocycles. The van der Waals surface area contributed by atoms with Crippen molar-refractivity contribution >= 4 is 5.91 Å². The monoisotopic (exact) mass is 659 g/mol. The van der Waals surface area contributed by atoms with Crippen LogP contribution in [-0.4, -0.2) is 110 Å². The second-order valence-corrected chi connectivity index (χ2v) is 12.6. The number of hydrogen-bond acceptors (Lipinski definition) is 10. The number of hydrogen-bond donors (Lipinski definition) is 8. The lowest BCUT2D eigenvalue weighted by atomic mass is 9.98. The Morgan fingerprint density at radius 1 is 0.739 bits per heavy atom. The molecule has 1 heterocycles. The number of nitrogens with one attached hydrogen (secondary N) is 1. The Morgan fingerprint density at radius 3 is 1.93 bits per heavy atom. The van der Waals surface area contributed by atoms with E-state index in [1.807, 2.05) is 6.08 Å². The molecule has 270 valence electrons. The smallest absolute Gasteiger partial charge is 0.249 e. The highest BCUT2D eigenvalue weighted by molar-refractivity contribution is 5.80. The van der Waals surface area contributed by atoms with E-state index in [-0.39, 0.29) is 12.8 Å². The largest absolute Gasteiger partial charge is 0.394 e. The molecule has 46 heavy (non-hydrogen) atoms. The van der Waals surface area contributed by atoms with E-state index in [1.165, 1.54) is 38.5 Å². The summed E-state index contributed by atoms with van der Waals surface area (Å²) in [4.78, 5) is 12.9. The minimum Gasteiger partial charge on any atom is -0.394 e. The molecule has 0 radical (unpaired) electrons. The van der Waals surface area contributed by atoms with Gasteiger partial charge in [0.1, 0.15) is 36.6 Å². The highest BCUT2D eigenvalue weighted by Crippen LogP contribution is 2.23. The summed E-state index contributed by atoms with van der Waals surface area (Å²) in [5, 5.41) is 74.7. The Labute approximate surface area is 276 Å². The lowest BCUT2D eigenvalue weighted by molar-refractivity contribution is -0.303. The third kappa shape index (κ3) is 17.7. The molecule has 1 fully saturated rings. The van der Waals surface area contributed by atoms with Crippen molar-refractivity contribution < 1.29 is 50.0 Å². The molecule has 1 saturated heterocycles. The quantitative estimate of drug-likeness (QED) is 0.0481. The van der Waals surface area contributed by atoms with Crippen LogP contribution in [0.5, 0.6) is 0 Å². The maximum Gasteiger partial charge on any atom is 0.249 e. The third-order valence-electron chi connectivity index (χ3n) is 8.48. The molecule has 1 amide bonds. The van der Waals surface area contributed by atoms with Gasteiger partial charge in [-0.05, 0) is 57.8 Å². The number of amides is 1. The highest BCUT2D eigenvalue weighted by atomic mass is 16.7. The average Bonchev–Trinajstić information content (AvgIpc) is 3.05. The summed E-state index contributed by atoms with van der Waals surface area (Å²) in [5.41, 5.74) is 0. The van der Waals surface area contributed by atoms with E-state index in [1.54, 1.807) is 0 Å². The van der Waals surface area contributed by atoms with E-state index in [9.17, 15) is 40.5 Å². The molecule has 9 atom stereocenters. The first-order valence-electron chi connectivity index (χ1n) is 17.7. The van der Waals surface area contributed by atoms with Gasteiger partial charge in [0, 0.05) is 0 Å². The number of allylic oxidation sites excluding steroid dienone is 4. The fourth-order valence-electron chi connectivity index (χ4n) is 5.36. The van der Waals surface area contributed by atoms with E-state index in [4.69, 9.17) is 9.47 Å². The molecule has 0 aromatic rings. The molecule has 0 aromatic heterocycles. The van der Waals surface area contributed by atoms with Crippen molar-refractivity contribution in [2.75, 3.05) is 13.2 Å². The highest BCUT2D eigenvalue weighted by Gasteiger charge is 2.44. The van der Waals surface area contributed by atoms with Crippen LogP contribution in [0.4, 0.5) is 0 Å². The van der Waals surface area contributed by atoms with E-state index in [2.05, 4.69) is 37.4 Å². The molecule has 0 aliphatic carbocycles. The molecule has 0 bridgehead atoms. The van der Waals surface area contributed by atoms with Crippen molar-refractivity contribution in [3.63, 3.8) is 0 Å². The van der Waals surface area contributed by atoms with E-state index >= 15 is 0 Å². The van der Waals surface area contributed by atoms with Crippen molar-refractivity contribution in [3.8, 4) is 0 Å². The maximum atomic E-state index is 12.9. The Bertz CT molecular complexity index is 810. The molecular weight excluding hydrogens is 594 g/mol. The minimum absolute atomic E-state index is 0.223. The van der Waals surface area contributed by atoms with Gasteiger partial charge in [0.25, 0.3) is 0 Å². The molecule has 1 rings (SSSR count). The molecule has 1 aliphatic heterocycles. The lowest BCUT2D eigenvalue weighted by Gasteiger charge is -2.40. The van der Waals surface area contributed by atoms with Crippen LogP contribution in [0.15, 0.2) is 24.3 Å². The number of aliphatic hydroxyl groups is 7. The number of carbonyl (C=O) groups excluding carboxylic acids is 1. The Kier molecular flexibility index (Phi) is 24.6. The van der Waals surface area contributed by atoms with Gasteiger partial charge in [-0.25, -0.2) is 0 Å². The number of aliphatic hydroxyl groups excluding tert-OH is 7. The molecule has 0 aromatic carbocycles. The fourth-order valence-corrected chi connectivity index (χ4v) is 5.36. The SMILES string of the molecule is CCCC/C=C/CCCC(O)C(O)C(COC1OC(CO)C(O)C(O)C1O)NC(=O)C(O)CCCC/C=C\CCCCCCCC. The van der Waals surface area contributed by atoms with Gasteiger partial charge in [0.15, 0.2) is 6.29 Å². The third-order valence-corrected chi connectivity index (χ3v) is 8.48. The topological polar surface area (TPSA) is 189 Å².